The number of rotatable bonds is 4. The van der Waals surface area contributed by atoms with Crippen LogP contribution in [0.3, 0.4) is 0 Å². The van der Waals surface area contributed by atoms with Crippen molar-refractivity contribution in [2.75, 3.05) is 7.11 Å². The van der Waals surface area contributed by atoms with Crippen LogP contribution in [0.15, 0.2) is 60.8 Å². The number of methoxy groups -OCH3 is 1. The quantitative estimate of drug-likeness (QED) is 0.434. The minimum atomic E-state index is 0.727. The molecule has 0 aliphatic heterocycles. The van der Waals surface area contributed by atoms with Gasteiger partial charge < -0.3 is 9.30 Å². The Morgan fingerprint density at radius 3 is 2.56 bits per heavy atom. The van der Waals surface area contributed by atoms with Crippen LogP contribution >= 0.6 is 11.6 Å². The second kappa shape index (κ2) is 7.09. The molecular formula is C23H21ClN2O. The van der Waals surface area contributed by atoms with E-state index < -0.39 is 0 Å². The number of hydrogen-bond acceptors (Lipinski definition) is 2. The number of pyridine rings is 1. The lowest BCUT2D eigenvalue weighted by Crippen LogP contribution is -2.03. The third-order valence-electron chi connectivity index (χ3n) is 5.14. The Bertz CT molecular complexity index is 1110. The summed E-state index contributed by atoms with van der Waals surface area (Å²) in [6.07, 6.45) is 1.88. The van der Waals surface area contributed by atoms with Crippen LogP contribution in [0.4, 0.5) is 0 Å². The molecular weight excluding hydrogens is 356 g/mol. The first-order chi connectivity index (χ1) is 13.1. The lowest BCUT2D eigenvalue weighted by atomic mass is 10.1. The van der Waals surface area contributed by atoms with Gasteiger partial charge in [0, 0.05) is 34.4 Å². The van der Waals surface area contributed by atoms with E-state index in [0.29, 0.717) is 0 Å². The van der Waals surface area contributed by atoms with Crippen LogP contribution < -0.4 is 4.74 Å². The molecule has 0 saturated carbocycles. The standard InChI is InChI=1S/C23H21ClN2O/c1-15-16(2)26(14-17-5-4-6-20(13-17)27-3)23-21(15)11-12-25-22(23)18-7-9-19(24)10-8-18/h4-13H,14H2,1-3H3. The smallest absolute Gasteiger partial charge is 0.119 e. The van der Waals surface area contributed by atoms with Gasteiger partial charge in [-0.15, -0.1) is 0 Å². The Morgan fingerprint density at radius 1 is 1.04 bits per heavy atom. The third-order valence-corrected chi connectivity index (χ3v) is 5.39. The molecule has 27 heavy (non-hydrogen) atoms. The van der Waals surface area contributed by atoms with E-state index in [-0.39, 0.29) is 0 Å². The van der Waals surface area contributed by atoms with Gasteiger partial charge in [-0.1, -0.05) is 35.9 Å². The minimum absolute atomic E-state index is 0.727. The molecule has 4 rings (SSSR count). The third kappa shape index (κ3) is 3.19. The zero-order valence-electron chi connectivity index (χ0n) is 15.7. The molecule has 2 aromatic heterocycles. The van der Waals surface area contributed by atoms with Crippen LogP contribution in [-0.4, -0.2) is 16.7 Å². The Labute approximate surface area is 164 Å². The minimum Gasteiger partial charge on any atom is -0.497 e. The number of halogens is 1. The SMILES string of the molecule is COc1cccc(Cn2c(C)c(C)c3ccnc(-c4ccc(Cl)cc4)c32)c1. The molecule has 0 unspecified atom stereocenters. The Hall–Kier alpha value is -2.78. The number of aromatic nitrogens is 2. The van der Waals surface area contributed by atoms with Crippen molar-refractivity contribution in [3.63, 3.8) is 0 Å². The van der Waals surface area contributed by atoms with E-state index in [2.05, 4.69) is 36.6 Å². The summed E-state index contributed by atoms with van der Waals surface area (Å²) in [4.78, 5) is 4.71. The fourth-order valence-corrected chi connectivity index (χ4v) is 3.69. The van der Waals surface area contributed by atoms with Crippen molar-refractivity contribution in [2.45, 2.75) is 20.4 Å². The number of ether oxygens (including phenoxy) is 1. The lowest BCUT2D eigenvalue weighted by molar-refractivity contribution is 0.414. The van der Waals surface area contributed by atoms with E-state index >= 15 is 0 Å². The number of aryl methyl sites for hydroxylation is 1. The summed E-state index contributed by atoms with van der Waals surface area (Å²) >= 11 is 6.08. The highest BCUT2D eigenvalue weighted by molar-refractivity contribution is 6.30. The molecule has 0 fully saturated rings. The van der Waals surface area contributed by atoms with Crippen molar-refractivity contribution in [1.82, 2.24) is 9.55 Å². The van der Waals surface area contributed by atoms with Gasteiger partial charge in [0.05, 0.1) is 18.3 Å². The second-order valence-corrected chi connectivity index (χ2v) is 7.15. The van der Waals surface area contributed by atoms with Crippen molar-refractivity contribution >= 4 is 22.5 Å². The molecule has 0 aliphatic carbocycles. The van der Waals surface area contributed by atoms with Crippen molar-refractivity contribution in [2.24, 2.45) is 0 Å². The molecule has 2 aromatic carbocycles. The van der Waals surface area contributed by atoms with E-state index in [1.165, 1.54) is 22.2 Å². The first-order valence-corrected chi connectivity index (χ1v) is 9.29. The molecule has 0 atom stereocenters. The summed E-state index contributed by atoms with van der Waals surface area (Å²) in [5.74, 6) is 0.870. The van der Waals surface area contributed by atoms with Gasteiger partial charge in [0.25, 0.3) is 0 Å². The Balaban J connectivity index is 1.91. The molecule has 0 N–H and O–H groups in total. The zero-order valence-corrected chi connectivity index (χ0v) is 16.4. The van der Waals surface area contributed by atoms with Crippen molar-refractivity contribution in [1.29, 1.82) is 0 Å². The number of fused-ring (bicyclic) bond motifs is 1. The molecule has 0 amide bonds. The van der Waals surface area contributed by atoms with Gasteiger partial charge in [-0.2, -0.15) is 0 Å². The fraction of sp³-hybridized carbons (Fsp3) is 0.174. The molecule has 0 radical (unpaired) electrons. The second-order valence-electron chi connectivity index (χ2n) is 6.71. The average Bonchev–Trinajstić information content (AvgIpc) is 2.94. The summed E-state index contributed by atoms with van der Waals surface area (Å²) in [7, 11) is 1.70. The largest absolute Gasteiger partial charge is 0.497 e. The van der Waals surface area contributed by atoms with Crippen LogP contribution in [0.1, 0.15) is 16.8 Å². The molecule has 0 aliphatic rings. The van der Waals surface area contributed by atoms with E-state index in [1.807, 2.05) is 42.6 Å². The predicted molar refractivity (Wildman–Crippen MR) is 112 cm³/mol. The average molecular weight is 377 g/mol. The fourth-order valence-electron chi connectivity index (χ4n) is 3.56. The van der Waals surface area contributed by atoms with E-state index in [0.717, 1.165) is 34.1 Å². The molecule has 3 nitrogen and oxygen atoms in total. The maximum absolute atomic E-state index is 6.08. The van der Waals surface area contributed by atoms with Crippen LogP contribution in [0.5, 0.6) is 5.75 Å². The highest BCUT2D eigenvalue weighted by Crippen LogP contribution is 2.33. The predicted octanol–water partition coefficient (Wildman–Crippen LogP) is 6.03. The number of nitrogens with zero attached hydrogens (tertiary/aromatic N) is 2. The number of hydrogen-bond donors (Lipinski definition) is 0. The maximum Gasteiger partial charge on any atom is 0.119 e. The topological polar surface area (TPSA) is 27.1 Å². The summed E-state index contributed by atoms with van der Waals surface area (Å²) in [6.45, 7) is 5.10. The first kappa shape index (κ1) is 17.6. The monoisotopic (exact) mass is 376 g/mol. The number of benzene rings is 2. The van der Waals surface area contributed by atoms with Gasteiger partial charge in [-0.3, -0.25) is 4.98 Å². The molecule has 4 aromatic rings. The molecule has 0 saturated heterocycles. The van der Waals surface area contributed by atoms with Gasteiger partial charge in [-0.05, 0) is 55.3 Å². The maximum atomic E-state index is 6.08. The van der Waals surface area contributed by atoms with Crippen LogP contribution in [-0.2, 0) is 6.54 Å². The van der Waals surface area contributed by atoms with E-state index in [1.54, 1.807) is 7.11 Å². The molecule has 136 valence electrons. The zero-order chi connectivity index (χ0) is 19.0. The normalized spacial score (nSPS) is 11.1. The molecule has 0 spiro atoms. The summed E-state index contributed by atoms with van der Waals surface area (Å²) in [5.41, 5.74) is 6.91. The van der Waals surface area contributed by atoms with Crippen molar-refractivity contribution in [3.8, 4) is 17.0 Å². The van der Waals surface area contributed by atoms with Gasteiger partial charge in [0.15, 0.2) is 0 Å². The van der Waals surface area contributed by atoms with E-state index in [4.69, 9.17) is 21.3 Å². The van der Waals surface area contributed by atoms with Crippen LogP contribution in [0.25, 0.3) is 22.2 Å². The van der Waals surface area contributed by atoms with Crippen LogP contribution in [0, 0.1) is 13.8 Å². The van der Waals surface area contributed by atoms with Gasteiger partial charge in [-0.25, -0.2) is 0 Å². The molecule has 0 bridgehead atoms. The highest BCUT2D eigenvalue weighted by Gasteiger charge is 2.16. The lowest BCUT2D eigenvalue weighted by Gasteiger charge is -2.12. The van der Waals surface area contributed by atoms with Gasteiger partial charge >= 0.3 is 0 Å². The van der Waals surface area contributed by atoms with Gasteiger partial charge in [0.2, 0.25) is 0 Å². The summed E-state index contributed by atoms with van der Waals surface area (Å²) in [5, 5.41) is 1.96. The van der Waals surface area contributed by atoms with Crippen molar-refractivity contribution < 1.29 is 4.74 Å². The molecule has 2 heterocycles. The summed E-state index contributed by atoms with van der Waals surface area (Å²) < 4.78 is 7.73. The van der Waals surface area contributed by atoms with Crippen LogP contribution in [0.2, 0.25) is 5.02 Å². The summed E-state index contributed by atoms with van der Waals surface area (Å²) in [6, 6.07) is 18.2. The van der Waals surface area contributed by atoms with Crippen molar-refractivity contribution in [3.05, 3.63) is 82.6 Å². The molecule has 4 heteroatoms. The first-order valence-electron chi connectivity index (χ1n) is 8.91. The highest BCUT2D eigenvalue weighted by atomic mass is 35.5. The van der Waals surface area contributed by atoms with E-state index in [9.17, 15) is 0 Å². The van der Waals surface area contributed by atoms with Gasteiger partial charge in [0.1, 0.15) is 5.75 Å². The Kier molecular flexibility index (Phi) is 4.63. The Morgan fingerprint density at radius 2 is 1.81 bits per heavy atom.